The number of rotatable bonds is 6. The molecule has 0 radical (unpaired) electrons. The van der Waals surface area contributed by atoms with E-state index in [1.54, 1.807) is 25.5 Å². The normalized spacial score (nSPS) is 17.0. The number of hydrogen-bond donors (Lipinski definition) is 2. The van der Waals surface area contributed by atoms with E-state index in [1.807, 2.05) is 24.3 Å². The molecule has 2 heterocycles. The first-order valence-corrected chi connectivity index (χ1v) is 10.9. The van der Waals surface area contributed by atoms with Crippen LogP contribution in [0.25, 0.3) is 5.69 Å². The number of amides is 1. The van der Waals surface area contributed by atoms with Gasteiger partial charge in [0.1, 0.15) is 5.60 Å². The number of carboxylic acid groups (broad SMARTS) is 1. The zero-order valence-electron chi connectivity index (χ0n) is 19.5. The third kappa shape index (κ3) is 5.27. The zero-order valence-corrected chi connectivity index (χ0v) is 19.5. The van der Waals surface area contributed by atoms with Crippen molar-refractivity contribution >= 4 is 12.1 Å². The number of carboxylic acids is 1. The van der Waals surface area contributed by atoms with E-state index in [0.29, 0.717) is 35.8 Å². The van der Waals surface area contributed by atoms with Crippen molar-refractivity contribution < 1.29 is 28.6 Å². The second-order valence-corrected chi connectivity index (χ2v) is 9.27. The van der Waals surface area contributed by atoms with Gasteiger partial charge in [-0.2, -0.15) is 4.39 Å². The van der Waals surface area contributed by atoms with Crippen molar-refractivity contribution in [2.24, 2.45) is 5.73 Å². The molecule has 0 aliphatic carbocycles. The quantitative estimate of drug-likeness (QED) is 0.674. The smallest absolute Gasteiger partial charge is 0.410 e. The number of fused-ring (bicyclic) bond motifs is 1. The van der Waals surface area contributed by atoms with Crippen LogP contribution >= 0.6 is 0 Å². The number of carbonyl (C=O) groups excluding carboxylic acids is 1. The summed E-state index contributed by atoms with van der Waals surface area (Å²) in [6.45, 7) is 9.73. The molecule has 3 rings (SSSR count). The predicted octanol–water partition coefficient (Wildman–Crippen LogP) is 3.55. The molecular formula is C23H31FN4O5. The number of nitrogens with zero attached hydrogens (tertiary/aromatic N) is 3. The highest BCUT2D eigenvalue weighted by atomic mass is 19.1. The lowest BCUT2D eigenvalue weighted by atomic mass is 9.98. The highest BCUT2D eigenvalue weighted by molar-refractivity contribution is 5.71. The first-order chi connectivity index (χ1) is 15.4. The maximum absolute atomic E-state index is 14.0. The van der Waals surface area contributed by atoms with Crippen LogP contribution < -0.4 is 10.5 Å². The van der Waals surface area contributed by atoms with Crippen LogP contribution in [0.3, 0.4) is 0 Å². The van der Waals surface area contributed by atoms with Gasteiger partial charge in [0.2, 0.25) is 5.88 Å². The van der Waals surface area contributed by atoms with Gasteiger partial charge in [-0.05, 0) is 44.4 Å². The van der Waals surface area contributed by atoms with Crippen LogP contribution in [-0.2, 0) is 16.0 Å². The van der Waals surface area contributed by atoms with Crippen LogP contribution in [-0.4, -0.2) is 56.9 Å². The van der Waals surface area contributed by atoms with Crippen molar-refractivity contribution in [3.63, 3.8) is 0 Å². The minimum absolute atomic E-state index is 0.00932. The zero-order chi connectivity index (χ0) is 24.5. The summed E-state index contributed by atoms with van der Waals surface area (Å²) in [4.78, 5) is 25.4. The molecule has 33 heavy (non-hydrogen) atoms. The van der Waals surface area contributed by atoms with Gasteiger partial charge in [-0.15, -0.1) is 5.10 Å². The first kappa shape index (κ1) is 24.5. The average Bonchev–Trinajstić information content (AvgIpc) is 3.10. The number of nitrogens with two attached hydrogens (primary N) is 1. The van der Waals surface area contributed by atoms with Gasteiger partial charge in [-0.1, -0.05) is 26.0 Å². The molecule has 3 N–H and O–H groups in total. The summed E-state index contributed by atoms with van der Waals surface area (Å²) in [5.41, 5.74) is 8.21. The molecule has 2 atom stereocenters. The maximum Gasteiger partial charge on any atom is 0.410 e. The van der Waals surface area contributed by atoms with E-state index < -0.39 is 30.1 Å². The van der Waals surface area contributed by atoms with E-state index in [-0.39, 0.29) is 12.4 Å². The standard InChI is InChI=1S/C23H31FN4O5/c1-13(2)14-6-8-15(9-7-14)28-16-10-11-27(22(31)33-23(3,4)5)17(12-25)18(16)20(26-28)32-19(24)21(29)30/h6-9,13,17,19H,10-12,25H2,1-5H3,(H,29,30). The molecule has 1 aromatic heterocycles. The lowest BCUT2D eigenvalue weighted by Gasteiger charge is -2.36. The maximum atomic E-state index is 14.0. The molecule has 9 nitrogen and oxygen atoms in total. The molecule has 1 aromatic carbocycles. The van der Waals surface area contributed by atoms with Crippen molar-refractivity contribution in [2.45, 2.75) is 65.0 Å². The predicted molar refractivity (Wildman–Crippen MR) is 119 cm³/mol. The van der Waals surface area contributed by atoms with Gasteiger partial charge in [0.15, 0.2) is 0 Å². The largest absolute Gasteiger partial charge is 0.476 e. The van der Waals surface area contributed by atoms with Gasteiger partial charge in [0.05, 0.1) is 23.0 Å². The van der Waals surface area contributed by atoms with Crippen molar-refractivity contribution in [3.05, 3.63) is 41.1 Å². The molecular weight excluding hydrogens is 431 g/mol. The molecule has 2 aromatic rings. The van der Waals surface area contributed by atoms with Gasteiger partial charge < -0.3 is 20.3 Å². The molecule has 0 fully saturated rings. The summed E-state index contributed by atoms with van der Waals surface area (Å²) in [6, 6.07) is 6.99. The number of alkyl halides is 1. The third-order valence-corrected chi connectivity index (χ3v) is 5.35. The summed E-state index contributed by atoms with van der Waals surface area (Å²) in [5, 5.41) is 13.4. The number of halogens is 1. The van der Waals surface area contributed by atoms with Gasteiger partial charge in [-0.25, -0.2) is 14.3 Å². The summed E-state index contributed by atoms with van der Waals surface area (Å²) in [7, 11) is 0. The minimum atomic E-state index is -2.61. The number of aromatic nitrogens is 2. The molecule has 0 saturated carbocycles. The number of benzene rings is 1. The summed E-state index contributed by atoms with van der Waals surface area (Å²) in [5.74, 6) is -1.64. The lowest BCUT2D eigenvalue weighted by molar-refractivity contribution is -0.153. The molecule has 0 bridgehead atoms. The van der Waals surface area contributed by atoms with Gasteiger partial charge in [-0.3, -0.25) is 4.90 Å². The van der Waals surface area contributed by atoms with Crippen LogP contribution in [0.2, 0.25) is 0 Å². The Morgan fingerprint density at radius 2 is 1.91 bits per heavy atom. The van der Waals surface area contributed by atoms with E-state index >= 15 is 0 Å². The SMILES string of the molecule is CC(C)c1ccc(-n2nc(OC(F)C(=O)O)c3c2CCN(C(=O)OC(C)(C)C)C3CN)cc1. The second kappa shape index (κ2) is 9.38. The number of hydrogen-bond acceptors (Lipinski definition) is 6. The Bertz CT molecular complexity index is 1010. The summed E-state index contributed by atoms with van der Waals surface area (Å²) in [6.07, 6.45) is -2.81. The fourth-order valence-corrected chi connectivity index (χ4v) is 3.79. The van der Waals surface area contributed by atoms with E-state index in [4.69, 9.17) is 20.3 Å². The summed E-state index contributed by atoms with van der Waals surface area (Å²) < 4.78 is 26.2. The minimum Gasteiger partial charge on any atom is -0.476 e. The first-order valence-electron chi connectivity index (χ1n) is 10.9. The van der Waals surface area contributed by atoms with Crippen molar-refractivity contribution in [1.82, 2.24) is 14.7 Å². The molecule has 180 valence electrons. The molecule has 2 unspecified atom stereocenters. The third-order valence-electron chi connectivity index (χ3n) is 5.35. The number of aliphatic carboxylic acids is 1. The fourth-order valence-electron chi connectivity index (χ4n) is 3.79. The fraction of sp³-hybridized carbons (Fsp3) is 0.522. The molecule has 1 amide bonds. The molecule has 1 aliphatic rings. The molecule has 0 saturated heterocycles. The summed E-state index contributed by atoms with van der Waals surface area (Å²) >= 11 is 0. The Labute approximate surface area is 192 Å². The van der Waals surface area contributed by atoms with E-state index in [9.17, 15) is 14.0 Å². The Balaban J connectivity index is 2.08. The molecule has 0 spiro atoms. The van der Waals surface area contributed by atoms with Crippen LogP contribution in [0.1, 0.15) is 63.4 Å². The van der Waals surface area contributed by atoms with Crippen LogP contribution in [0.15, 0.2) is 24.3 Å². The van der Waals surface area contributed by atoms with Crippen LogP contribution in [0.5, 0.6) is 5.88 Å². The Hall–Kier alpha value is -3.14. The number of carbonyl (C=O) groups is 2. The highest BCUT2D eigenvalue weighted by Crippen LogP contribution is 2.38. The second-order valence-electron chi connectivity index (χ2n) is 9.27. The van der Waals surface area contributed by atoms with Crippen LogP contribution in [0.4, 0.5) is 9.18 Å². The Morgan fingerprint density at radius 3 is 2.42 bits per heavy atom. The number of ether oxygens (including phenoxy) is 2. The van der Waals surface area contributed by atoms with Crippen molar-refractivity contribution in [1.29, 1.82) is 0 Å². The molecule has 10 heteroatoms. The topological polar surface area (TPSA) is 120 Å². The van der Waals surface area contributed by atoms with Crippen molar-refractivity contribution in [2.75, 3.05) is 13.1 Å². The molecule has 1 aliphatic heterocycles. The van der Waals surface area contributed by atoms with Crippen molar-refractivity contribution in [3.8, 4) is 11.6 Å². The van der Waals surface area contributed by atoms with E-state index in [0.717, 1.165) is 5.56 Å². The van der Waals surface area contributed by atoms with Gasteiger partial charge in [0, 0.05) is 19.5 Å². The average molecular weight is 463 g/mol. The Kier molecular flexibility index (Phi) is 6.97. The van der Waals surface area contributed by atoms with Crippen LogP contribution in [0, 0.1) is 0 Å². The van der Waals surface area contributed by atoms with E-state index in [2.05, 4.69) is 18.9 Å². The lowest BCUT2D eigenvalue weighted by Crippen LogP contribution is -2.45. The van der Waals surface area contributed by atoms with Gasteiger partial charge in [0.25, 0.3) is 0 Å². The van der Waals surface area contributed by atoms with Gasteiger partial charge >= 0.3 is 18.4 Å². The van der Waals surface area contributed by atoms with E-state index in [1.165, 1.54) is 4.90 Å². The highest BCUT2D eigenvalue weighted by Gasteiger charge is 2.39. The monoisotopic (exact) mass is 462 g/mol. The Morgan fingerprint density at radius 1 is 1.27 bits per heavy atom.